The number of anilines is 2. The van der Waals surface area contributed by atoms with Gasteiger partial charge in [0.2, 0.25) is 0 Å². The van der Waals surface area contributed by atoms with Crippen molar-refractivity contribution in [3.63, 3.8) is 0 Å². The number of aromatic nitrogens is 4. The van der Waals surface area contributed by atoms with Gasteiger partial charge in [-0.2, -0.15) is 0 Å². The van der Waals surface area contributed by atoms with E-state index >= 15 is 0 Å². The van der Waals surface area contributed by atoms with E-state index < -0.39 is 5.97 Å². The fourth-order valence-electron chi connectivity index (χ4n) is 6.67. The molecule has 48 heavy (non-hydrogen) atoms. The summed E-state index contributed by atoms with van der Waals surface area (Å²) in [7, 11) is 0. The molecule has 3 aromatic rings. The molecule has 0 amide bonds. The molecular weight excluding hydrogens is 677 g/mol. The monoisotopic (exact) mass is 719 g/mol. The molecule has 6 rings (SSSR count). The molecule has 3 atom stereocenters. The van der Waals surface area contributed by atoms with Crippen molar-refractivity contribution < 1.29 is 23.8 Å². The van der Waals surface area contributed by atoms with Crippen LogP contribution >= 0.6 is 34.5 Å². The van der Waals surface area contributed by atoms with Crippen molar-refractivity contribution >= 4 is 57.2 Å². The number of H-pyrrole nitrogens is 1. The van der Waals surface area contributed by atoms with Gasteiger partial charge in [-0.3, -0.25) is 9.69 Å². The topological polar surface area (TPSA) is 126 Å². The van der Waals surface area contributed by atoms with Crippen LogP contribution in [0, 0.1) is 12.8 Å². The lowest BCUT2D eigenvalue weighted by atomic mass is 9.88. The van der Waals surface area contributed by atoms with Crippen molar-refractivity contribution in [2.75, 3.05) is 75.4 Å². The van der Waals surface area contributed by atoms with Gasteiger partial charge in [-0.05, 0) is 46.0 Å². The number of ether oxygens (including phenoxy) is 3. The molecule has 1 N–H and O–H groups in total. The molecule has 0 radical (unpaired) electrons. The van der Waals surface area contributed by atoms with E-state index in [2.05, 4.69) is 19.7 Å². The predicted octanol–water partition coefficient (Wildman–Crippen LogP) is 5.53. The number of hydrogen-bond donors (Lipinski definition) is 1. The number of piperazine rings is 1. The van der Waals surface area contributed by atoms with Crippen molar-refractivity contribution in [3.05, 3.63) is 38.7 Å². The number of nitrogens with one attached hydrogen (secondary N) is 1. The van der Waals surface area contributed by atoms with E-state index in [1.54, 1.807) is 26.2 Å². The van der Waals surface area contributed by atoms with Crippen LogP contribution in [0.25, 0.3) is 11.4 Å². The van der Waals surface area contributed by atoms with Crippen LogP contribution in [0.5, 0.6) is 0 Å². The molecule has 3 fully saturated rings. The summed E-state index contributed by atoms with van der Waals surface area (Å²) in [5, 5.41) is 1.30. The first-order valence-corrected chi connectivity index (χ1v) is 18.3. The number of carbonyl (C=O) groups is 2. The van der Waals surface area contributed by atoms with Crippen molar-refractivity contribution in [1.29, 1.82) is 0 Å². The lowest BCUT2D eigenvalue weighted by Gasteiger charge is -2.38. The van der Waals surface area contributed by atoms with E-state index in [1.807, 2.05) is 6.92 Å². The minimum Gasteiger partial charge on any atom is -0.462 e. The number of carbonyl (C=O) groups excluding carboxylic acids is 2. The summed E-state index contributed by atoms with van der Waals surface area (Å²) in [6.45, 7) is 12.9. The molecule has 0 spiro atoms. The maximum atomic E-state index is 13.2. The average Bonchev–Trinajstić information content (AvgIpc) is 3.84. The first-order valence-electron chi connectivity index (χ1n) is 16.8. The third-order valence-electron chi connectivity index (χ3n) is 9.27. The first kappa shape index (κ1) is 35.0. The highest BCUT2D eigenvalue weighted by molar-refractivity contribution is 7.17. The minimum atomic E-state index is -0.442. The molecule has 0 saturated carbocycles. The maximum Gasteiger partial charge on any atom is 0.350 e. The second-order valence-electron chi connectivity index (χ2n) is 12.4. The summed E-state index contributed by atoms with van der Waals surface area (Å²) in [6.07, 6.45) is 6.85. The number of aryl methyl sites for hydroxylation is 1. The normalized spacial score (nSPS) is 22.0. The molecule has 3 aromatic heterocycles. The van der Waals surface area contributed by atoms with Crippen LogP contribution in [0.15, 0.2) is 12.4 Å². The van der Waals surface area contributed by atoms with Gasteiger partial charge in [0.1, 0.15) is 27.8 Å². The van der Waals surface area contributed by atoms with E-state index in [0.717, 1.165) is 58.0 Å². The number of esters is 1. The Labute approximate surface area is 295 Å². The van der Waals surface area contributed by atoms with Crippen LogP contribution < -0.4 is 9.80 Å². The number of aromatic amines is 1. The summed E-state index contributed by atoms with van der Waals surface area (Å²) in [5.41, 5.74) is 1.97. The lowest BCUT2D eigenvalue weighted by Crippen LogP contribution is -2.48. The van der Waals surface area contributed by atoms with Crippen molar-refractivity contribution in [2.24, 2.45) is 5.92 Å². The first-order chi connectivity index (χ1) is 23.2. The van der Waals surface area contributed by atoms with E-state index in [9.17, 15) is 9.59 Å². The number of nitrogens with zero attached hydrogens (tertiary/aromatic N) is 6. The molecule has 3 saturated heterocycles. The van der Waals surface area contributed by atoms with Gasteiger partial charge in [-0.25, -0.2) is 19.7 Å². The van der Waals surface area contributed by atoms with Gasteiger partial charge in [-0.15, -0.1) is 0 Å². The Morgan fingerprint density at radius 2 is 1.85 bits per heavy atom. The van der Waals surface area contributed by atoms with Gasteiger partial charge in [0.15, 0.2) is 10.9 Å². The van der Waals surface area contributed by atoms with Crippen LogP contribution in [0.2, 0.25) is 10.0 Å². The van der Waals surface area contributed by atoms with Crippen LogP contribution in [0.1, 0.15) is 65.4 Å². The number of thiazole rings is 1. The van der Waals surface area contributed by atoms with Crippen LogP contribution in [0.4, 0.5) is 10.9 Å². The number of Topliss-reactive ketones (excluding diaryl/α,β-unsaturated/α-hetero) is 1. The van der Waals surface area contributed by atoms with Crippen molar-refractivity contribution in [1.82, 2.24) is 24.8 Å². The highest BCUT2D eigenvalue weighted by Crippen LogP contribution is 2.37. The maximum absolute atomic E-state index is 13.2. The third kappa shape index (κ3) is 7.81. The zero-order valence-corrected chi connectivity index (χ0v) is 30.0. The SMILES string of the molecule is CCOC(=O)c1sc(N2CC[C@@H](CC(=O)c3[nH]c(C)c(Cl)c3Cl)[C@@H](OCC)C2)nc1-c1cnc(N2CCN(CC3CCCO3)CC2)cn1. The largest absolute Gasteiger partial charge is 0.462 e. The van der Waals surface area contributed by atoms with Gasteiger partial charge in [0.25, 0.3) is 0 Å². The van der Waals surface area contributed by atoms with E-state index in [1.165, 1.54) is 11.3 Å². The van der Waals surface area contributed by atoms with Crippen LogP contribution in [0.3, 0.4) is 0 Å². The van der Waals surface area contributed by atoms with Gasteiger partial charge in [0.05, 0.1) is 41.3 Å². The smallest absolute Gasteiger partial charge is 0.350 e. The quantitative estimate of drug-likeness (QED) is 0.188. The Morgan fingerprint density at radius 1 is 1.04 bits per heavy atom. The molecule has 6 heterocycles. The number of halogens is 2. The summed E-state index contributed by atoms with van der Waals surface area (Å²) < 4.78 is 17.4. The van der Waals surface area contributed by atoms with Gasteiger partial charge in [0, 0.05) is 71.1 Å². The van der Waals surface area contributed by atoms with Crippen LogP contribution in [-0.4, -0.2) is 114 Å². The second kappa shape index (κ2) is 15.8. The Bertz CT molecular complexity index is 1570. The van der Waals surface area contributed by atoms with E-state index in [-0.39, 0.29) is 35.9 Å². The molecular formula is C33H43Cl2N7O5S. The number of rotatable bonds is 12. The molecule has 0 bridgehead atoms. The predicted molar refractivity (Wildman–Crippen MR) is 187 cm³/mol. The zero-order valence-electron chi connectivity index (χ0n) is 27.7. The van der Waals surface area contributed by atoms with Gasteiger partial charge in [-0.1, -0.05) is 34.5 Å². The summed E-state index contributed by atoms with van der Waals surface area (Å²) in [4.78, 5) is 50.9. The number of hydrogen-bond acceptors (Lipinski definition) is 12. The molecule has 12 nitrogen and oxygen atoms in total. The second-order valence-corrected chi connectivity index (χ2v) is 14.2. The third-order valence-corrected chi connectivity index (χ3v) is 11.3. The summed E-state index contributed by atoms with van der Waals surface area (Å²) in [5.74, 6) is 0.246. The molecule has 0 aliphatic carbocycles. The van der Waals surface area contributed by atoms with E-state index in [0.29, 0.717) is 70.0 Å². The molecule has 15 heteroatoms. The highest BCUT2D eigenvalue weighted by Gasteiger charge is 2.35. The number of ketones is 1. The Morgan fingerprint density at radius 3 is 2.50 bits per heavy atom. The van der Waals surface area contributed by atoms with Crippen molar-refractivity contribution in [3.8, 4) is 11.4 Å². The standard InChI is InChI=1S/C33H43Cl2N7O5S/c1-4-45-25-19-42(9-8-21(25)15-24(43)30-28(35)27(34)20(3)38-30)33-39-29(31(48-33)32(44)46-5-2)23-16-37-26(17-36-23)41-12-10-40(11-13-41)18-22-7-6-14-47-22/h16-17,21-22,25,38H,4-15,18-19H2,1-3H3/t21-,22?,25-/m0/s1. The fraction of sp³-hybridized carbons (Fsp3) is 0.606. The Hall–Kier alpha value is -2.81. The van der Waals surface area contributed by atoms with Gasteiger partial charge >= 0.3 is 5.97 Å². The summed E-state index contributed by atoms with van der Waals surface area (Å²) in [6, 6.07) is 0. The van der Waals surface area contributed by atoms with Gasteiger partial charge < -0.3 is 29.0 Å². The Kier molecular flexibility index (Phi) is 11.5. The molecule has 260 valence electrons. The van der Waals surface area contributed by atoms with E-state index in [4.69, 9.17) is 52.4 Å². The lowest BCUT2D eigenvalue weighted by molar-refractivity contribution is 0.0103. The highest BCUT2D eigenvalue weighted by atomic mass is 35.5. The minimum absolute atomic E-state index is 0.0209. The average molecular weight is 721 g/mol. The number of piperidine rings is 1. The summed E-state index contributed by atoms with van der Waals surface area (Å²) >= 11 is 13.8. The molecule has 3 aliphatic heterocycles. The van der Waals surface area contributed by atoms with Crippen LogP contribution in [-0.2, 0) is 14.2 Å². The van der Waals surface area contributed by atoms with Crippen molar-refractivity contribution in [2.45, 2.75) is 58.7 Å². The zero-order chi connectivity index (χ0) is 33.8. The molecule has 0 aromatic carbocycles. The molecule has 3 aliphatic rings. The Balaban J connectivity index is 1.14. The fourth-order valence-corrected chi connectivity index (χ4v) is 8.11. The molecule has 1 unspecified atom stereocenters.